The molecule has 1 N–H and O–H groups in total. The van der Waals surface area contributed by atoms with Crippen molar-refractivity contribution >= 4 is 17.2 Å². The van der Waals surface area contributed by atoms with Crippen LogP contribution in [0, 0.1) is 5.92 Å². The van der Waals surface area contributed by atoms with Crippen LogP contribution >= 0.6 is 11.3 Å². The summed E-state index contributed by atoms with van der Waals surface area (Å²) >= 11 is 1.72. The lowest BCUT2D eigenvalue weighted by Crippen LogP contribution is -2.43. The van der Waals surface area contributed by atoms with Crippen molar-refractivity contribution in [1.82, 2.24) is 10.2 Å². The number of hydrogen-bond acceptors (Lipinski definition) is 3. The minimum absolute atomic E-state index is 0.117. The van der Waals surface area contributed by atoms with Gasteiger partial charge in [-0.2, -0.15) is 11.3 Å². The van der Waals surface area contributed by atoms with Gasteiger partial charge in [-0.1, -0.05) is 26.2 Å². The quantitative estimate of drug-likeness (QED) is 0.924. The Bertz CT molecular complexity index is 523. The molecule has 1 spiro atoms. The third kappa shape index (κ3) is 2.23. The summed E-state index contributed by atoms with van der Waals surface area (Å²) in [6, 6.07) is 2.61. The van der Waals surface area contributed by atoms with Gasteiger partial charge in [0.2, 0.25) is 5.91 Å². The van der Waals surface area contributed by atoms with Gasteiger partial charge in [-0.15, -0.1) is 0 Å². The maximum atomic E-state index is 13.0. The Balaban J connectivity index is 1.62. The van der Waals surface area contributed by atoms with E-state index in [9.17, 15) is 4.79 Å². The van der Waals surface area contributed by atoms with Crippen molar-refractivity contribution < 1.29 is 4.79 Å². The molecule has 1 saturated heterocycles. The van der Waals surface area contributed by atoms with Gasteiger partial charge < -0.3 is 4.90 Å². The number of nitrogens with zero attached hydrogens (tertiary/aromatic N) is 1. The molecule has 4 rings (SSSR count). The van der Waals surface area contributed by atoms with Crippen LogP contribution in [0.25, 0.3) is 0 Å². The standard InChI is InChI=1S/C17H24N2OS/c1-2-12-4-3-5-14(10-12)19-15(13-6-9-21-11-13)18-17(7-8-17)16(19)20/h6,9,11-12,14-15,18H,2-5,7-8,10H2,1H3. The van der Waals surface area contributed by atoms with E-state index in [4.69, 9.17) is 0 Å². The van der Waals surface area contributed by atoms with E-state index in [2.05, 4.69) is 34.0 Å². The minimum atomic E-state index is -0.203. The first-order valence-electron chi connectivity index (χ1n) is 8.36. The van der Waals surface area contributed by atoms with Crippen molar-refractivity contribution in [3.63, 3.8) is 0 Å². The van der Waals surface area contributed by atoms with Crippen molar-refractivity contribution in [3.8, 4) is 0 Å². The van der Waals surface area contributed by atoms with Gasteiger partial charge in [-0.05, 0) is 54.0 Å². The Morgan fingerprint density at radius 1 is 1.43 bits per heavy atom. The van der Waals surface area contributed by atoms with Crippen molar-refractivity contribution in [2.45, 2.75) is 69.6 Å². The van der Waals surface area contributed by atoms with Gasteiger partial charge in [0.05, 0.1) is 0 Å². The molecule has 2 saturated carbocycles. The predicted molar refractivity (Wildman–Crippen MR) is 85.0 cm³/mol. The highest BCUT2D eigenvalue weighted by molar-refractivity contribution is 7.08. The second-order valence-corrected chi connectivity index (χ2v) is 7.77. The zero-order valence-electron chi connectivity index (χ0n) is 12.7. The number of thiophene rings is 1. The van der Waals surface area contributed by atoms with E-state index >= 15 is 0 Å². The lowest BCUT2D eigenvalue weighted by atomic mass is 9.83. The molecule has 3 aliphatic rings. The van der Waals surface area contributed by atoms with Crippen LogP contribution in [0.3, 0.4) is 0 Å². The maximum Gasteiger partial charge on any atom is 0.244 e. The Labute approximate surface area is 130 Å². The van der Waals surface area contributed by atoms with Crippen LogP contribution in [0.2, 0.25) is 0 Å². The lowest BCUT2D eigenvalue weighted by Gasteiger charge is -2.38. The smallest absolute Gasteiger partial charge is 0.244 e. The normalized spacial score (nSPS) is 34.6. The van der Waals surface area contributed by atoms with E-state index < -0.39 is 0 Å². The highest BCUT2D eigenvalue weighted by Gasteiger charge is 2.60. The molecule has 2 aliphatic carbocycles. The fourth-order valence-electron chi connectivity index (χ4n) is 4.18. The monoisotopic (exact) mass is 304 g/mol. The summed E-state index contributed by atoms with van der Waals surface area (Å²) in [4.78, 5) is 15.2. The summed E-state index contributed by atoms with van der Waals surface area (Å²) in [6.45, 7) is 2.29. The topological polar surface area (TPSA) is 32.3 Å². The second kappa shape index (κ2) is 5.10. The number of carbonyl (C=O) groups is 1. The molecule has 1 aromatic rings. The number of rotatable bonds is 3. The van der Waals surface area contributed by atoms with Gasteiger partial charge in [-0.25, -0.2) is 0 Å². The van der Waals surface area contributed by atoms with Crippen LogP contribution < -0.4 is 5.32 Å². The molecule has 0 aromatic carbocycles. The largest absolute Gasteiger partial charge is 0.318 e. The molecule has 3 fully saturated rings. The van der Waals surface area contributed by atoms with Crippen molar-refractivity contribution in [2.75, 3.05) is 0 Å². The maximum absolute atomic E-state index is 13.0. The molecule has 4 heteroatoms. The van der Waals surface area contributed by atoms with E-state index in [1.165, 1.54) is 37.7 Å². The summed E-state index contributed by atoms with van der Waals surface area (Å²) in [5, 5.41) is 7.97. The first-order chi connectivity index (χ1) is 10.2. The molecule has 21 heavy (non-hydrogen) atoms. The van der Waals surface area contributed by atoms with Crippen LogP contribution in [-0.2, 0) is 4.79 Å². The summed E-state index contributed by atoms with van der Waals surface area (Å²) in [6.07, 6.45) is 8.40. The summed E-state index contributed by atoms with van der Waals surface area (Å²) < 4.78 is 0. The molecule has 114 valence electrons. The van der Waals surface area contributed by atoms with Gasteiger partial charge in [0.1, 0.15) is 11.7 Å². The van der Waals surface area contributed by atoms with Gasteiger partial charge >= 0.3 is 0 Å². The van der Waals surface area contributed by atoms with Gasteiger partial charge in [0.15, 0.2) is 0 Å². The molecular weight excluding hydrogens is 280 g/mol. The first kappa shape index (κ1) is 13.8. The molecule has 3 atom stereocenters. The molecule has 1 amide bonds. The highest BCUT2D eigenvalue weighted by atomic mass is 32.1. The molecule has 1 aromatic heterocycles. The van der Waals surface area contributed by atoms with Crippen LogP contribution in [0.5, 0.6) is 0 Å². The van der Waals surface area contributed by atoms with E-state index in [0.717, 1.165) is 18.8 Å². The number of amides is 1. The summed E-state index contributed by atoms with van der Waals surface area (Å²) in [5.41, 5.74) is 1.07. The molecular formula is C17H24N2OS. The number of hydrogen-bond donors (Lipinski definition) is 1. The Hall–Kier alpha value is -0.870. The SMILES string of the molecule is CCC1CCCC(N2C(=O)C3(CC3)NC2c2ccsc2)C1. The van der Waals surface area contributed by atoms with E-state index in [1.54, 1.807) is 11.3 Å². The van der Waals surface area contributed by atoms with Gasteiger partial charge in [0, 0.05) is 6.04 Å². The Morgan fingerprint density at radius 3 is 2.95 bits per heavy atom. The van der Waals surface area contributed by atoms with E-state index in [1.807, 2.05) is 0 Å². The predicted octanol–water partition coefficient (Wildman–Crippen LogP) is 3.68. The van der Waals surface area contributed by atoms with Gasteiger partial charge in [-0.3, -0.25) is 10.1 Å². The van der Waals surface area contributed by atoms with Crippen LogP contribution in [0.4, 0.5) is 0 Å². The van der Waals surface area contributed by atoms with Crippen molar-refractivity contribution in [1.29, 1.82) is 0 Å². The molecule has 3 unspecified atom stereocenters. The third-order valence-electron chi connectivity index (χ3n) is 5.67. The van der Waals surface area contributed by atoms with Crippen molar-refractivity contribution in [2.24, 2.45) is 5.92 Å². The zero-order valence-corrected chi connectivity index (χ0v) is 13.5. The summed E-state index contributed by atoms with van der Waals surface area (Å²) in [5.74, 6) is 1.18. The van der Waals surface area contributed by atoms with Crippen molar-refractivity contribution in [3.05, 3.63) is 22.4 Å². The summed E-state index contributed by atoms with van der Waals surface area (Å²) in [7, 11) is 0. The van der Waals surface area contributed by atoms with Crippen LogP contribution in [0.15, 0.2) is 16.8 Å². The highest BCUT2D eigenvalue weighted by Crippen LogP contribution is 2.48. The number of carbonyl (C=O) groups excluding carboxylic acids is 1. The fourth-order valence-corrected chi connectivity index (χ4v) is 4.86. The third-order valence-corrected chi connectivity index (χ3v) is 6.37. The van der Waals surface area contributed by atoms with E-state index in [0.29, 0.717) is 11.9 Å². The average Bonchev–Trinajstić information content (AvgIpc) is 2.97. The second-order valence-electron chi connectivity index (χ2n) is 6.99. The Kier molecular flexibility index (Phi) is 3.34. The molecule has 1 aliphatic heterocycles. The van der Waals surface area contributed by atoms with E-state index in [-0.39, 0.29) is 11.7 Å². The first-order valence-corrected chi connectivity index (χ1v) is 9.30. The molecule has 0 bridgehead atoms. The van der Waals surface area contributed by atoms with Crippen LogP contribution in [0.1, 0.15) is 63.6 Å². The lowest BCUT2D eigenvalue weighted by molar-refractivity contribution is -0.134. The molecule has 0 radical (unpaired) electrons. The molecule has 2 heterocycles. The molecule has 3 nitrogen and oxygen atoms in total. The fraction of sp³-hybridized carbons (Fsp3) is 0.706. The van der Waals surface area contributed by atoms with Crippen LogP contribution in [-0.4, -0.2) is 22.4 Å². The van der Waals surface area contributed by atoms with Gasteiger partial charge in [0.25, 0.3) is 0 Å². The average molecular weight is 304 g/mol. The Morgan fingerprint density at radius 2 is 2.29 bits per heavy atom. The zero-order chi connectivity index (χ0) is 14.4. The number of nitrogens with one attached hydrogen (secondary N) is 1. The minimum Gasteiger partial charge on any atom is -0.318 e.